The van der Waals surface area contributed by atoms with Crippen molar-refractivity contribution in [3.63, 3.8) is 0 Å². The molecule has 0 radical (unpaired) electrons. The van der Waals surface area contributed by atoms with Crippen molar-refractivity contribution in [2.75, 3.05) is 58.8 Å². The van der Waals surface area contributed by atoms with E-state index in [-0.39, 0.29) is 12.5 Å². The molecule has 0 saturated carbocycles. The molecule has 0 aliphatic carbocycles. The largest absolute Gasteiger partial charge is 0.395 e. The highest BCUT2D eigenvalue weighted by atomic mass is 16.3. The molecule has 0 aromatic heterocycles. The first-order valence-corrected chi connectivity index (χ1v) is 8.35. The molecular weight excluding hydrogens is 290 g/mol. The number of rotatable bonds is 10. The van der Waals surface area contributed by atoms with Gasteiger partial charge in [0, 0.05) is 51.5 Å². The summed E-state index contributed by atoms with van der Waals surface area (Å²) >= 11 is 0. The number of carbonyl (C=O) groups excluding carboxylic acids is 1. The predicted octanol–water partition coefficient (Wildman–Crippen LogP) is 1.92. The number of likely N-dealkylation sites (N-methyl/N-ethyl adjacent to an activating group) is 2. The van der Waals surface area contributed by atoms with Crippen LogP contribution in [0.3, 0.4) is 0 Å². The van der Waals surface area contributed by atoms with E-state index in [1.807, 2.05) is 43.3 Å². The quantitative estimate of drug-likeness (QED) is 0.715. The van der Waals surface area contributed by atoms with Crippen LogP contribution in [-0.2, 0) is 0 Å². The van der Waals surface area contributed by atoms with Crippen LogP contribution in [0.25, 0.3) is 0 Å². The summed E-state index contributed by atoms with van der Waals surface area (Å²) in [5.74, 6) is 0.0326. The van der Waals surface area contributed by atoms with Crippen molar-refractivity contribution in [1.82, 2.24) is 9.80 Å². The molecule has 23 heavy (non-hydrogen) atoms. The Balaban J connectivity index is 2.55. The minimum atomic E-state index is 0.0326. The van der Waals surface area contributed by atoms with Crippen LogP contribution >= 0.6 is 0 Å². The zero-order chi connectivity index (χ0) is 17.2. The Bertz CT molecular complexity index is 462. The third kappa shape index (κ3) is 6.59. The molecule has 0 spiro atoms. The monoisotopic (exact) mass is 321 g/mol. The summed E-state index contributed by atoms with van der Waals surface area (Å²) in [5.41, 5.74) is 1.85. The van der Waals surface area contributed by atoms with Crippen LogP contribution in [0.1, 0.15) is 30.1 Å². The third-order valence-corrected chi connectivity index (χ3v) is 4.05. The average Bonchev–Trinajstić information content (AvgIpc) is 2.57. The lowest BCUT2D eigenvalue weighted by atomic mass is 10.1. The summed E-state index contributed by atoms with van der Waals surface area (Å²) in [5, 5.41) is 8.89. The lowest BCUT2D eigenvalue weighted by molar-refractivity contribution is 0.0780. The highest BCUT2D eigenvalue weighted by molar-refractivity contribution is 5.94. The maximum Gasteiger partial charge on any atom is 0.253 e. The van der Waals surface area contributed by atoms with Gasteiger partial charge in [0.2, 0.25) is 0 Å². The molecule has 0 bridgehead atoms. The number of carbonyl (C=O) groups is 1. The van der Waals surface area contributed by atoms with Gasteiger partial charge in [0.25, 0.3) is 5.91 Å². The van der Waals surface area contributed by atoms with Crippen LogP contribution in [0.15, 0.2) is 24.3 Å². The van der Waals surface area contributed by atoms with Gasteiger partial charge >= 0.3 is 0 Å². The highest BCUT2D eigenvalue weighted by Crippen LogP contribution is 2.15. The van der Waals surface area contributed by atoms with Gasteiger partial charge in [-0.1, -0.05) is 13.3 Å². The molecule has 1 rings (SSSR count). The lowest BCUT2D eigenvalue weighted by Gasteiger charge is -2.22. The van der Waals surface area contributed by atoms with E-state index >= 15 is 0 Å². The van der Waals surface area contributed by atoms with Crippen LogP contribution in [0, 0.1) is 0 Å². The summed E-state index contributed by atoms with van der Waals surface area (Å²) in [4.78, 5) is 18.4. The van der Waals surface area contributed by atoms with Gasteiger partial charge in [-0.05, 0) is 37.7 Å². The first-order chi connectivity index (χ1) is 11.0. The minimum absolute atomic E-state index is 0.0326. The van der Waals surface area contributed by atoms with Crippen molar-refractivity contribution < 1.29 is 9.90 Å². The standard InChI is InChI=1S/C18H31N3O2/c1-5-6-11-20(3)17-9-7-16(8-10-17)18(23)21(4)13-12-19(2)14-15-22/h7-10,22H,5-6,11-15H2,1-4H3. The van der Waals surface area contributed by atoms with Crippen molar-refractivity contribution in [2.45, 2.75) is 19.8 Å². The van der Waals surface area contributed by atoms with Crippen molar-refractivity contribution in [3.8, 4) is 0 Å². The Morgan fingerprint density at radius 1 is 1.00 bits per heavy atom. The van der Waals surface area contributed by atoms with E-state index in [2.05, 4.69) is 18.9 Å². The van der Waals surface area contributed by atoms with Gasteiger partial charge in [-0.2, -0.15) is 0 Å². The summed E-state index contributed by atoms with van der Waals surface area (Å²) in [6.45, 7) is 5.38. The van der Waals surface area contributed by atoms with Gasteiger partial charge in [-0.15, -0.1) is 0 Å². The summed E-state index contributed by atoms with van der Waals surface area (Å²) in [6.07, 6.45) is 2.34. The molecular formula is C18H31N3O2. The number of amides is 1. The number of benzene rings is 1. The molecule has 1 N–H and O–H groups in total. The number of hydrogen-bond donors (Lipinski definition) is 1. The van der Waals surface area contributed by atoms with Gasteiger partial charge in [-0.25, -0.2) is 0 Å². The van der Waals surface area contributed by atoms with E-state index in [9.17, 15) is 4.79 Å². The van der Waals surface area contributed by atoms with Gasteiger partial charge in [0.1, 0.15) is 0 Å². The molecule has 1 amide bonds. The van der Waals surface area contributed by atoms with Crippen molar-refractivity contribution in [3.05, 3.63) is 29.8 Å². The molecule has 0 unspecified atom stereocenters. The van der Waals surface area contributed by atoms with Crippen molar-refractivity contribution in [2.24, 2.45) is 0 Å². The van der Waals surface area contributed by atoms with E-state index in [1.54, 1.807) is 4.90 Å². The molecule has 0 heterocycles. The van der Waals surface area contributed by atoms with Gasteiger partial charge in [-0.3, -0.25) is 4.79 Å². The van der Waals surface area contributed by atoms with Crippen LogP contribution in [0.5, 0.6) is 0 Å². The molecule has 1 aromatic rings. The molecule has 0 fully saturated rings. The molecule has 0 saturated heterocycles. The van der Waals surface area contributed by atoms with E-state index < -0.39 is 0 Å². The summed E-state index contributed by atoms with van der Waals surface area (Å²) in [7, 11) is 5.83. The zero-order valence-corrected chi connectivity index (χ0v) is 15.0. The molecule has 5 heteroatoms. The molecule has 0 atom stereocenters. The molecule has 0 aliphatic heterocycles. The van der Waals surface area contributed by atoms with Gasteiger partial charge in [0.15, 0.2) is 0 Å². The fourth-order valence-corrected chi connectivity index (χ4v) is 2.31. The fourth-order valence-electron chi connectivity index (χ4n) is 2.31. The maximum absolute atomic E-state index is 12.4. The highest BCUT2D eigenvalue weighted by Gasteiger charge is 2.12. The van der Waals surface area contributed by atoms with E-state index in [4.69, 9.17) is 5.11 Å². The zero-order valence-electron chi connectivity index (χ0n) is 15.0. The number of anilines is 1. The summed E-state index contributed by atoms with van der Waals surface area (Å²) in [6, 6.07) is 7.81. The normalized spacial score (nSPS) is 10.9. The Labute approximate surface area is 140 Å². The Morgan fingerprint density at radius 3 is 2.22 bits per heavy atom. The third-order valence-electron chi connectivity index (χ3n) is 4.05. The number of aliphatic hydroxyl groups is 1. The topological polar surface area (TPSA) is 47.0 Å². The smallest absolute Gasteiger partial charge is 0.253 e. The second-order valence-electron chi connectivity index (χ2n) is 6.08. The second kappa shape index (κ2) is 10.2. The number of hydrogen-bond acceptors (Lipinski definition) is 4. The van der Waals surface area contributed by atoms with Gasteiger partial charge in [0.05, 0.1) is 6.61 Å². The molecule has 1 aromatic carbocycles. The molecule has 5 nitrogen and oxygen atoms in total. The number of unbranched alkanes of at least 4 members (excludes halogenated alkanes) is 1. The number of nitrogens with zero attached hydrogens (tertiary/aromatic N) is 3. The second-order valence-corrected chi connectivity index (χ2v) is 6.08. The first kappa shape index (κ1) is 19.5. The van der Waals surface area contributed by atoms with E-state index in [1.165, 1.54) is 12.8 Å². The summed E-state index contributed by atoms with van der Waals surface area (Å²) < 4.78 is 0. The SMILES string of the molecule is CCCCN(C)c1ccc(C(=O)N(C)CCN(C)CCO)cc1. The number of aliphatic hydroxyl groups excluding tert-OH is 1. The van der Waals surface area contributed by atoms with Crippen LogP contribution in [0.4, 0.5) is 5.69 Å². The molecule has 0 aliphatic rings. The van der Waals surface area contributed by atoms with Crippen molar-refractivity contribution >= 4 is 11.6 Å². The van der Waals surface area contributed by atoms with Crippen LogP contribution < -0.4 is 4.90 Å². The maximum atomic E-state index is 12.4. The van der Waals surface area contributed by atoms with Crippen molar-refractivity contribution in [1.29, 1.82) is 0 Å². The van der Waals surface area contributed by atoms with Crippen LogP contribution in [-0.4, -0.2) is 74.7 Å². The average molecular weight is 321 g/mol. The fraction of sp³-hybridized carbons (Fsp3) is 0.611. The Morgan fingerprint density at radius 2 is 1.65 bits per heavy atom. The van der Waals surface area contributed by atoms with Crippen LogP contribution in [0.2, 0.25) is 0 Å². The minimum Gasteiger partial charge on any atom is -0.395 e. The first-order valence-electron chi connectivity index (χ1n) is 8.35. The Kier molecular flexibility index (Phi) is 8.66. The predicted molar refractivity (Wildman–Crippen MR) is 96.2 cm³/mol. The Hall–Kier alpha value is -1.59. The lowest BCUT2D eigenvalue weighted by Crippen LogP contribution is -2.35. The van der Waals surface area contributed by atoms with E-state index in [0.717, 1.165) is 18.8 Å². The van der Waals surface area contributed by atoms with Gasteiger partial charge < -0.3 is 19.8 Å². The molecule has 130 valence electrons. The van der Waals surface area contributed by atoms with E-state index in [0.29, 0.717) is 18.7 Å².